The molecule has 0 spiro atoms. The van der Waals surface area contributed by atoms with E-state index < -0.39 is 0 Å². The molecule has 0 aliphatic heterocycles. The van der Waals surface area contributed by atoms with Crippen LogP contribution in [-0.2, 0) is 33.9 Å². The van der Waals surface area contributed by atoms with Crippen LogP contribution in [-0.4, -0.2) is 44.0 Å². The van der Waals surface area contributed by atoms with Gasteiger partial charge in [0, 0.05) is 11.9 Å². The summed E-state index contributed by atoms with van der Waals surface area (Å²) in [7, 11) is 0. The molecule has 0 radical (unpaired) electrons. The van der Waals surface area contributed by atoms with Gasteiger partial charge in [0.15, 0.2) is 16.1 Å². The van der Waals surface area contributed by atoms with Crippen LogP contribution >= 0.6 is 23.1 Å². The van der Waals surface area contributed by atoms with Crippen molar-refractivity contribution in [3.63, 3.8) is 0 Å². The van der Waals surface area contributed by atoms with Gasteiger partial charge in [-0.1, -0.05) is 23.9 Å². The number of aryl methyl sites for hydroxylation is 2. The Balaban J connectivity index is 1.56. The minimum absolute atomic E-state index is 0.0760. The maximum atomic E-state index is 12.4. The number of carbonyl (C=O) groups excluding carboxylic acids is 2. The third-order valence-corrected chi connectivity index (χ3v) is 6.20. The number of carbonyl (C=O) groups is 2. The summed E-state index contributed by atoms with van der Waals surface area (Å²) in [5, 5.41) is 14.0. The van der Waals surface area contributed by atoms with Crippen LogP contribution in [0.5, 0.6) is 5.75 Å². The molecule has 3 rings (SSSR count). The van der Waals surface area contributed by atoms with Crippen LogP contribution in [0.25, 0.3) is 0 Å². The number of hydrogen-bond donors (Lipinski definition) is 1. The molecule has 0 aliphatic carbocycles. The van der Waals surface area contributed by atoms with Gasteiger partial charge in [0.1, 0.15) is 12.4 Å². The van der Waals surface area contributed by atoms with Gasteiger partial charge < -0.3 is 14.8 Å². The lowest BCUT2D eigenvalue weighted by Gasteiger charge is -2.10. The lowest BCUT2D eigenvalue weighted by molar-refractivity contribution is -0.142. The summed E-state index contributed by atoms with van der Waals surface area (Å²) in [5.41, 5.74) is 2.81. The standard InChI is InChI=1S/C23H27N5O4S2/c1-5-7-28-19(12-32-18-9-15(3)8-16(4)10-18)26-27-23(28)34-14-20(29)25-22-24-17(13-33-22)11-21(30)31-6-2/h5,8-10,13H,1,6-7,11-12,14H2,2-4H3,(H,24,25,29). The Morgan fingerprint density at radius 2 is 2.00 bits per heavy atom. The summed E-state index contributed by atoms with van der Waals surface area (Å²) in [6.45, 7) is 10.6. The van der Waals surface area contributed by atoms with E-state index in [0.29, 0.717) is 35.0 Å². The summed E-state index contributed by atoms with van der Waals surface area (Å²) in [6.07, 6.45) is 1.82. The zero-order chi connectivity index (χ0) is 24.5. The van der Waals surface area contributed by atoms with E-state index in [-0.39, 0.29) is 30.7 Å². The van der Waals surface area contributed by atoms with Crippen molar-refractivity contribution >= 4 is 40.1 Å². The molecule has 2 heterocycles. The van der Waals surface area contributed by atoms with Crippen molar-refractivity contribution in [3.05, 3.63) is 58.9 Å². The zero-order valence-electron chi connectivity index (χ0n) is 19.4. The van der Waals surface area contributed by atoms with Crippen LogP contribution in [0.1, 0.15) is 29.6 Å². The molecule has 34 heavy (non-hydrogen) atoms. The molecule has 0 aliphatic rings. The van der Waals surface area contributed by atoms with E-state index in [1.54, 1.807) is 18.4 Å². The first-order valence-corrected chi connectivity index (χ1v) is 12.5. The third-order valence-electron chi connectivity index (χ3n) is 4.43. The first kappa shape index (κ1) is 25.4. The number of allylic oxidation sites excluding steroid dienone is 1. The average Bonchev–Trinajstić information content (AvgIpc) is 3.37. The second-order valence-corrected chi connectivity index (χ2v) is 9.17. The molecule has 2 aromatic heterocycles. The van der Waals surface area contributed by atoms with Crippen molar-refractivity contribution in [1.29, 1.82) is 0 Å². The van der Waals surface area contributed by atoms with E-state index in [1.807, 2.05) is 30.5 Å². The number of nitrogens with zero attached hydrogens (tertiary/aromatic N) is 4. The number of nitrogens with one attached hydrogen (secondary N) is 1. The van der Waals surface area contributed by atoms with E-state index in [2.05, 4.69) is 33.1 Å². The van der Waals surface area contributed by atoms with Crippen molar-refractivity contribution < 1.29 is 19.1 Å². The maximum absolute atomic E-state index is 12.4. The molecule has 0 atom stereocenters. The Bertz CT molecular complexity index is 1140. The van der Waals surface area contributed by atoms with E-state index in [9.17, 15) is 9.59 Å². The number of thiazole rings is 1. The van der Waals surface area contributed by atoms with Crippen molar-refractivity contribution in [2.75, 3.05) is 17.7 Å². The van der Waals surface area contributed by atoms with Crippen LogP contribution in [0.2, 0.25) is 0 Å². The van der Waals surface area contributed by atoms with Crippen LogP contribution < -0.4 is 10.1 Å². The Hall–Kier alpha value is -3.18. The van der Waals surface area contributed by atoms with Crippen molar-refractivity contribution in [1.82, 2.24) is 19.7 Å². The highest BCUT2D eigenvalue weighted by atomic mass is 32.2. The molecule has 9 nitrogen and oxygen atoms in total. The fourth-order valence-corrected chi connectivity index (χ4v) is 4.59. The number of aromatic nitrogens is 4. The van der Waals surface area contributed by atoms with Gasteiger partial charge in [-0.25, -0.2) is 4.98 Å². The van der Waals surface area contributed by atoms with Crippen LogP contribution in [0.3, 0.4) is 0 Å². The minimum atomic E-state index is -0.347. The summed E-state index contributed by atoms with van der Waals surface area (Å²) >= 11 is 2.52. The summed E-state index contributed by atoms with van der Waals surface area (Å²) < 4.78 is 12.7. The molecule has 3 aromatic rings. The van der Waals surface area contributed by atoms with Gasteiger partial charge >= 0.3 is 5.97 Å². The number of benzene rings is 1. The molecule has 11 heteroatoms. The fraction of sp³-hybridized carbons (Fsp3) is 0.348. The van der Waals surface area contributed by atoms with E-state index in [1.165, 1.54) is 23.1 Å². The average molecular weight is 502 g/mol. The first-order valence-electron chi connectivity index (χ1n) is 10.6. The van der Waals surface area contributed by atoms with Gasteiger partial charge in [0.25, 0.3) is 0 Å². The quantitative estimate of drug-likeness (QED) is 0.226. The Morgan fingerprint density at radius 1 is 1.24 bits per heavy atom. The monoisotopic (exact) mass is 501 g/mol. The Kier molecular flexibility index (Phi) is 9.23. The number of esters is 1. The number of thioether (sulfide) groups is 1. The molecule has 0 fully saturated rings. The predicted octanol–water partition coefficient (Wildman–Crippen LogP) is 3.95. The van der Waals surface area contributed by atoms with E-state index in [0.717, 1.165) is 16.9 Å². The van der Waals surface area contributed by atoms with Crippen LogP contribution in [0.4, 0.5) is 5.13 Å². The Labute approximate surface area is 206 Å². The summed E-state index contributed by atoms with van der Waals surface area (Å²) in [6, 6.07) is 6.02. The molecule has 0 saturated carbocycles. The summed E-state index contributed by atoms with van der Waals surface area (Å²) in [4.78, 5) is 28.2. The summed E-state index contributed by atoms with van der Waals surface area (Å²) in [5.74, 6) is 0.957. The van der Waals surface area contributed by atoms with Crippen molar-refractivity contribution in [3.8, 4) is 5.75 Å². The van der Waals surface area contributed by atoms with E-state index >= 15 is 0 Å². The maximum Gasteiger partial charge on any atom is 0.311 e. The lowest BCUT2D eigenvalue weighted by atomic mass is 10.1. The van der Waals surface area contributed by atoms with Gasteiger partial charge in [-0.05, 0) is 44.0 Å². The second-order valence-electron chi connectivity index (χ2n) is 7.37. The normalized spacial score (nSPS) is 10.7. The second kappa shape index (κ2) is 12.3. The molecule has 1 amide bonds. The van der Waals surface area contributed by atoms with Gasteiger partial charge in [-0.2, -0.15) is 0 Å². The minimum Gasteiger partial charge on any atom is -0.486 e. The number of amides is 1. The number of anilines is 1. The molecular weight excluding hydrogens is 474 g/mol. The van der Waals surface area contributed by atoms with Gasteiger partial charge in [0.05, 0.1) is 24.5 Å². The van der Waals surface area contributed by atoms with Crippen molar-refractivity contribution in [2.45, 2.75) is 45.5 Å². The van der Waals surface area contributed by atoms with Gasteiger partial charge in [0.2, 0.25) is 5.91 Å². The van der Waals surface area contributed by atoms with E-state index in [4.69, 9.17) is 9.47 Å². The highest BCUT2D eigenvalue weighted by molar-refractivity contribution is 7.99. The highest BCUT2D eigenvalue weighted by Crippen LogP contribution is 2.22. The molecule has 0 unspecified atom stereocenters. The number of hydrogen-bond acceptors (Lipinski definition) is 9. The zero-order valence-corrected chi connectivity index (χ0v) is 21.0. The molecule has 1 aromatic carbocycles. The molecule has 1 N–H and O–H groups in total. The third kappa shape index (κ3) is 7.42. The SMILES string of the molecule is C=CCn1c(COc2cc(C)cc(C)c2)nnc1SCC(=O)Nc1nc(CC(=O)OCC)cs1. The van der Waals surface area contributed by atoms with Gasteiger partial charge in [-0.15, -0.1) is 28.1 Å². The molecule has 180 valence electrons. The largest absolute Gasteiger partial charge is 0.486 e. The molecule has 0 bridgehead atoms. The fourth-order valence-electron chi connectivity index (χ4n) is 3.10. The predicted molar refractivity (Wildman–Crippen MR) is 132 cm³/mol. The number of rotatable bonds is 12. The van der Waals surface area contributed by atoms with Crippen molar-refractivity contribution in [2.24, 2.45) is 0 Å². The van der Waals surface area contributed by atoms with Gasteiger partial charge in [-0.3, -0.25) is 14.2 Å². The Morgan fingerprint density at radius 3 is 2.71 bits per heavy atom. The highest BCUT2D eigenvalue weighted by Gasteiger charge is 2.15. The lowest BCUT2D eigenvalue weighted by Crippen LogP contribution is -2.15. The smallest absolute Gasteiger partial charge is 0.311 e. The number of ether oxygens (including phenoxy) is 2. The molecule has 0 saturated heterocycles. The van der Waals surface area contributed by atoms with Crippen LogP contribution in [0.15, 0.2) is 41.4 Å². The molecular formula is C23H27N5O4S2. The van der Waals surface area contributed by atoms with Crippen LogP contribution in [0, 0.1) is 13.8 Å². The topological polar surface area (TPSA) is 108 Å². The first-order chi connectivity index (χ1) is 16.4.